The van der Waals surface area contributed by atoms with Gasteiger partial charge in [0.25, 0.3) is 0 Å². The summed E-state index contributed by atoms with van der Waals surface area (Å²) in [5.74, 6) is 2.24. The fraction of sp³-hybridized carbons (Fsp3) is 0.767. The fourth-order valence-corrected chi connectivity index (χ4v) is 7.32. The average molecular weight is 475 g/mol. The molecule has 0 bridgehead atoms. The number of fused-ring (bicyclic) bond motifs is 1. The van der Waals surface area contributed by atoms with E-state index in [0.717, 1.165) is 67.4 Å². The molecule has 0 N–H and O–H groups in total. The molecule has 0 aliphatic heterocycles. The Morgan fingerprint density at radius 1 is 0.794 bits per heavy atom. The van der Waals surface area contributed by atoms with Gasteiger partial charge in [-0.2, -0.15) is 0 Å². The molecule has 4 heteroatoms. The number of carbonyl (C=O) groups is 1. The van der Waals surface area contributed by atoms with Gasteiger partial charge in [0.1, 0.15) is 5.75 Å². The van der Waals surface area contributed by atoms with Gasteiger partial charge in [-0.3, -0.25) is 4.79 Å². The van der Waals surface area contributed by atoms with Crippen molar-refractivity contribution < 1.29 is 18.3 Å². The standard InChI is InChI=1S/C30H44F2O2/c1-2-3-4-5-6-7-21-8-9-26-19-25(15-14-24(26)18-21)22-10-12-23(13-11-22)30(33)34-27-16-17-28(31)29(32)20-27/h16-17,20-26H,2-15,18-19H2,1H3. The largest absolute Gasteiger partial charge is 0.426 e. The van der Waals surface area contributed by atoms with Crippen LogP contribution >= 0.6 is 0 Å². The molecule has 0 radical (unpaired) electrons. The Kier molecular flexibility index (Phi) is 9.42. The quantitative estimate of drug-likeness (QED) is 0.203. The highest BCUT2D eigenvalue weighted by molar-refractivity contribution is 5.75. The third-order valence-corrected chi connectivity index (χ3v) is 9.36. The molecule has 4 rings (SSSR count). The maximum absolute atomic E-state index is 13.4. The van der Waals surface area contributed by atoms with Crippen LogP contribution in [0.1, 0.15) is 110 Å². The zero-order valence-corrected chi connectivity index (χ0v) is 21.1. The number of unbranched alkanes of at least 4 members (excludes halogenated alkanes) is 4. The highest BCUT2D eigenvalue weighted by Crippen LogP contribution is 2.49. The first kappa shape index (κ1) is 25.6. The lowest BCUT2D eigenvalue weighted by Gasteiger charge is -2.45. The van der Waals surface area contributed by atoms with Gasteiger partial charge in [0.2, 0.25) is 0 Å². The van der Waals surface area contributed by atoms with Crippen molar-refractivity contribution >= 4 is 5.97 Å². The summed E-state index contributed by atoms with van der Waals surface area (Å²) in [5.41, 5.74) is 0. The second-order valence-corrected chi connectivity index (χ2v) is 11.6. The van der Waals surface area contributed by atoms with E-state index in [9.17, 15) is 13.6 Å². The topological polar surface area (TPSA) is 26.3 Å². The van der Waals surface area contributed by atoms with Crippen LogP contribution in [0.5, 0.6) is 5.75 Å². The molecule has 1 aromatic rings. The maximum atomic E-state index is 13.4. The van der Waals surface area contributed by atoms with Crippen LogP contribution in [0, 0.1) is 47.1 Å². The van der Waals surface area contributed by atoms with E-state index < -0.39 is 11.6 Å². The van der Waals surface area contributed by atoms with Crippen LogP contribution in [0.3, 0.4) is 0 Å². The molecular weight excluding hydrogens is 430 g/mol. The zero-order valence-electron chi connectivity index (χ0n) is 21.1. The molecule has 0 amide bonds. The molecular formula is C30H44F2O2. The minimum atomic E-state index is -0.981. The van der Waals surface area contributed by atoms with Crippen LogP contribution < -0.4 is 4.74 Å². The maximum Gasteiger partial charge on any atom is 0.314 e. The number of hydrogen-bond acceptors (Lipinski definition) is 2. The number of carbonyl (C=O) groups excluding carboxylic acids is 1. The van der Waals surface area contributed by atoms with E-state index in [1.807, 2.05) is 0 Å². The number of rotatable bonds is 9. The van der Waals surface area contributed by atoms with Crippen molar-refractivity contribution in [1.29, 1.82) is 0 Å². The lowest BCUT2D eigenvalue weighted by molar-refractivity contribution is -0.140. The molecule has 0 spiro atoms. The molecule has 4 unspecified atom stereocenters. The SMILES string of the molecule is CCCCCCCC1CCC2CC(C3CCC(C(=O)Oc4ccc(F)c(F)c4)CC3)CCC2C1. The van der Waals surface area contributed by atoms with E-state index in [-0.39, 0.29) is 17.6 Å². The summed E-state index contributed by atoms with van der Waals surface area (Å²) in [6.45, 7) is 2.29. The minimum absolute atomic E-state index is 0.0981. The minimum Gasteiger partial charge on any atom is -0.426 e. The molecule has 3 aliphatic rings. The molecule has 3 fully saturated rings. The summed E-state index contributed by atoms with van der Waals surface area (Å²) >= 11 is 0. The molecule has 2 nitrogen and oxygen atoms in total. The highest BCUT2D eigenvalue weighted by Gasteiger charge is 2.39. The Balaban J connectivity index is 1.17. The lowest BCUT2D eigenvalue weighted by atomic mass is 9.60. The smallest absolute Gasteiger partial charge is 0.314 e. The molecule has 0 aromatic heterocycles. The number of ether oxygens (including phenoxy) is 1. The number of halogens is 2. The van der Waals surface area contributed by atoms with Crippen molar-refractivity contribution in [1.82, 2.24) is 0 Å². The average Bonchev–Trinajstić information content (AvgIpc) is 2.86. The molecule has 0 saturated heterocycles. The van der Waals surface area contributed by atoms with Crippen molar-refractivity contribution in [3.05, 3.63) is 29.8 Å². The summed E-state index contributed by atoms with van der Waals surface area (Å²) in [4.78, 5) is 12.6. The van der Waals surface area contributed by atoms with Gasteiger partial charge in [-0.05, 0) is 99.5 Å². The van der Waals surface area contributed by atoms with Crippen LogP contribution in [0.2, 0.25) is 0 Å². The third kappa shape index (κ3) is 6.82. The van der Waals surface area contributed by atoms with Crippen molar-refractivity contribution in [2.75, 3.05) is 0 Å². The van der Waals surface area contributed by atoms with Crippen LogP contribution in [-0.2, 0) is 4.79 Å². The number of esters is 1. The van der Waals surface area contributed by atoms with E-state index in [1.54, 1.807) is 0 Å². The first-order chi connectivity index (χ1) is 16.5. The first-order valence-electron chi connectivity index (χ1n) is 14.2. The zero-order chi connectivity index (χ0) is 23.9. The van der Waals surface area contributed by atoms with Gasteiger partial charge in [-0.25, -0.2) is 8.78 Å². The van der Waals surface area contributed by atoms with Gasteiger partial charge in [-0.15, -0.1) is 0 Å². The molecule has 0 heterocycles. The Morgan fingerprint density at radius 3 is 2.18 bits per heavy atom. The molecule has 3 aliphatic carbocycles. The van der Waals surface area contributed by atoms with E-state index in [4.69, 9.17) is 4.74 Å². The highest BCUT2D eigenvalue weighted by atomic mass is 19.2. The van der Waals surface area contributed by atoms with E-state index in [0.29, 0.717) is 0 Å². The van der Waals surface area contributed by atoms with Crippen LogP contribution in [-0.4, -0.2) is 5.97 Å². The van der Waals surface area contributed by atoms with Gasteiger partial charge in [0.05, 0.1) is 5.92 Å². The van der Waals surface area contributed by atoms with E-state index >= 15 is 0 Å². The van der Waals surface area contributed by atoms with Gasteiger partial charge >= 0.3 is 5.97 Å². The summed E-state index contributed by atoms with van der Waals surface area (Å²) < 4.78 is 31.9. The second-order valence-electron chi connectivity index (χ2n) is 11.6. The Hall–Kier alpha value is -1.45. The molecule has 3 saturated carbocycles. The van der Waals surface area contributed by atoms with E-state index in [1.165, 1.54) is 83.1 Å². The van der Waals surface area contributed by atoms with Gasteiger partial charge < -0.3 is 4.74 Å². The second kappa shape index (κ2) is 12.5. The molecule has 34 heavy (non-hydrogen) atoms. The fourth-order valence-electron chi connectivity index (χ4n) is 7.32. The Bertz CT molecular complexity index is 786. The lowest BCUT2D eigenvalue weighted by Crippen LogP contribution is -2.35. The first-order valence-corrected chi connectivity index (χ1v) is 14.2. The normalized spacial score (nSPS) is 31.6. The predicted octanol–water partition coefficient (Wildman–Crippen LogP) is 8.87. The van der Waals surface area contributed by atoms with Crippen molar-refractivity contribution in [2.24, 2.45) is 35.5 Å². The van der Waals surface area contributed by atoms with Crippen LogP contribution in [0.25, 0.3) is 0 Å². The summed E-state index contributed by atoms with van der Waals surface area (Å²) in [6, 6.07) is 3.28. The Morgan fingerprint density at radius 2 is 1.44 bits per heavy atom. The monoisotopic (exact) mass is 474 g/mol. The molecule has 4 atom stereocenters. The number of hydrogen-bond donors (Lipinski definition) is 0. The van der Waals surface area contributed by atoms with Gasteiger partial charge in [0, 0.05) is 6.07 Å². The third-order valence-electron chi connectivity index (χ3n) is 9.36. The van der Waals surface area contributed by atoms with Gasteiger partial charge in [0.15, 0.2) is 11.6 Å². The number of benzene rings is 1. The summed E-state index contributed by atoms with van der Waals surface area (Å²) in [5, 5.41) is 0. The van der Waals surface area contributed by atoms with Crippen molar-refractivity contribution in [3.63, 3.8) is 0 Å². The van der Waals surface area contributed by atoms with Crippen molar-refractivity contribution in [3.8, 4) is 5.75 Å². The molecule has 1 aromatic carbocycles. The van der Waals surface area contributed by atoms with Crippen molar-refractivity contribution in [2.45, 2.75) is 110 Å². The molecule has 190 valence electrons. The van der Waals surface area contributed by atoms with Gasteiger partial charge in [-0.1, -0.05) is 51.9 Å². The summed E-state index contributed by atoms with van der Waals surface area (Å²) in [7, 11) is 0. The van der Waals surface area contributed by atoms with Crippen LogP contribution in [0.4, 0.5) is 8.78 Å². The predicted molar refractivity (Wildman–Crippen MR) is 132 cm³/mol. The summed E-state index contributed by atoms with van der Waals surface area (Å²) in [6.07, 6.45) is 20.9. The Labute approximate surface area is 205 Å². The van der Waals surface area contributed by atoms with E-state index in [2.05, 4.69) is 6.92 Å². The van der Waals surface area contributed by atoms with Crippen LogP contribution in [0.15, 0.2) is 18.2 Å².